The van der Waals surface area contributed by atoms with E-state index in [9.17, 15) is 0 Å². The van der Waals surface area contributed by atoms with Crippen molar-refractivity contribution in [1.82, 2.24) is 0 Å². The largest absolute Gasteiger partial charge is 0.501 e. The number of rotatable bonds is 7. The molecule has 0 aromatic heterocycles. The highest BCUT2D eigenvalue weighted by Gasteiger charge is 2.38. The van der Waals surface area contributed by atoms with Crippen molar-refractivity contribution in [2.75, 3.05) is 19.7 Å². The molecule has 0 aliphatic heterocycles. The van der Waals surface area contributed by atoms with Gasteiger partial charge >= 0.3 is 8.80 Å². The van der Waals surface area contributed by atoms with Crippen molar-refractivity contribution in [2.45, 2.75) is 16.2 Å². The first-order chi connectivity index (χ1) is 6.10. The summed E-state index contributed by atoms with van der Waals surface area (Å²) in [5.74, 6) is 0. The van der Waals surface area contributed by atoms with Crippen LogP contribution in [0.5, 0.6) is 0 Å². The maximum atomic E-state index is 5.45. The van der Waals surface area contributed by atoms with Crippen LogP contribution in [0.4, 0.5) is 0 Å². The highest BCUT2D eigenvalue weighted by molar-refractivity contribution is 9.24. The van der Waals surface area contributed by atoms with Crippen molar-refractivity contribution in [3.63, 3.8) is 0 Å². The van der Waals surface area contributed by atoms with Gasteiger partial charge in [-0.15, -0.1) is 0 Å². The molecular weight excluding hydrogens is 388 g/mol. The molecule has 0 aromatic rings. The minimum Gasteiger partial charge on any atom is -0.377 e. The van der Waals surface area contributed by atoms with Crippen LogP contribution in [0, 0.1) is 0 Å². The lowest BCUT2D eigenvalue weighted by Crippen LogP contribution is -2.43. The third-order valence-corrected chi connectivity index (χ3v) is 5.86. The Morgan fingerprint density at radius 3 is 2.08 bits per heavy atom. The van der Waals surface area contributed by atoms with Gasteiger partial charge in [0.05, 0.1) is 9.25 Å². The van der Waals surface area contributed by atoms with E-state index in [-0.39, 0.29) is 3.74 Å². The molecule has 0 heterocycles. The molecule has 0 aliphatic rings. The maximum Gasteiger partial charge on any atom is 0.501 e. The van der Waals surface area contributed by atoms with Crippen molar-refractivity contribution in [3.8, 4) is 0 Å². The second kappa shape index (κ2) is 7.78. The summed E-state index contributed by atoms with van der Waals surface area (Å²) in [4.78, 5) is 0. The lowest BCUT2D eigenvalue weighted by Gasteiger charge is -2.25. The first-order valence-corrected chi connectivity index (χ1v) is 8.57. The Morgan fingerprint density at radius 2 is 1.77 bits per heavy atom. The van der Waals surface area contributed by atoms with Crippen LogP contribution in [-0.4, -0.2) is 32.3 Å². The second-order valence-corrected chi connectivity index (χ2v) is 9.14. The van der Waals surface area contributed by atoms with Crippen LogP contribution in [0.25, 0.3) is 0 Å². The highest BCUT2D eigenvalue weighted by Crippen LogP contribution is 2.23. The van der Waals surface area contributed by atoms with E-state index in [1.807, 2.05) is 0 Å². The van der Waals surface area contributed by atoms with E-state index in [2.05, 4.69) is 47.8 Å². The molecule has 0 amide bonds. The molecule has 7 heteroatoms. The van der Waals surface area contributed by atoms with Crippen molar-refractivity contribution < 1.29 is 13.3 Å². The quantitative estimate of drug-likeness (QED) is 0.485. The van der Waals surface area contributed by atoms with E-state index in [4.69, 9.17) is 13.3 Å². The molecule has 0 rings (SSSR count). The molecule has 3 nitrogen and oxygen atoms in total. The fourth-order valence-electron chi connectivity index (χ4n) is 0.846. The first kappa shape index (κ1) is 14.5. The molecule has 0 radical (unpaired) electrons. The van der Waals surface area contributed by atoms with Crippen LogP contribution in [0.2, 0.25) is 6.04 Å². The van der Waals surface area contributed by atoms with Crippen LogP contribution in [0.1, 0.15) is 6.42 Å². The molecule has 80 valence electrons. The summed E-state index contributed by atoms with van der Waals surface area (Å²) in [6.45, 7) is 0. The summed E-state index contributed by atoms with van der Waals surface area (Å²) < 4.78 is 16.3. The van der Waals surface area contributed by atoms with Crippen molar-refractivity contribution in [2.24, 2.45) is 0 Å². The standard InChI is InChI=1S/C6H13Br3O3Si/c1-10-13(11-2,12-5-7)4-3-6(8)9/h6H,3-5H2,1-2H3. The smallest absolute Gasteiger partial charge is 0.377 e. The molecule has 0 saturated heterocycles. The fourth-order valence-corrected chi connectivity index (χ4v) is 4.96. The third-order valence-electron chi connectivity index (χ3n) is 1.57. The minimum atomic E-state index is -2.41. The van der Waals surface area contributed by atoms with E-state index < -0.39 is 8.80 Å². The Hall–Kier alpha value is 1.54. The van der Waals surface area contributed by atoms with Gasteiger partial charge in [-0.1, -0.05) is 47.8 Å². The van der Waals surface area contributed by atoms with Crippen LogP contribution in [0.15, 0.2) is 0 Å². The summed E-state index contributed by atoms with van der Waals surface area (Å²) in [7, 11) is 0.829. The van der Waals surface area contributed by atoms with Crippen LogP contribution in [0.3, 0.4) is 0 Å². The van der Waals surface area contributed by atoms with Gasteiger partial charge in [-0.3, -0.25) is 0 Å². The molecule has 0 spiro atoms. The molecule has 13 heavy (non-hydrogen) atoms. The highest BCUT2D eigenvalue weighted by atomic mass is 79.9. The van der Waals surface area contributed by atoms with E-state index in [0.717, 1.165) is 12.5 Å². The molecule has 0 fully saturated rings. The van der Waals surface area contributed by atoms with Crippen LogP contribution >= 0.6 is 47.8 Å². The number of hydrogen-bond donors (Lipinski definition) is 0. The third kappa shape index (κ3) is 5.86. The SMILES string of the molecule is CO[Si](CCC(Br)Br)(OC)OCBr. The Bertz CT molecular complexity index is 132. The number of alkyl halides is 3. The van der Waals surface area contributed by atoms with E-state index in [1.165, 1.54) is 0 Å². The van der Waals surface area contributed by atoms with Crippen molar-refractivity contribution in [3.05, 3.63) is 0 Å². The number of hydrogen-bond acceptors (Lipinski definition) is 3. The van der Waals surface area contributed by atoms with Gasteiger partial charge in [-0.05, 0) is 6.42 Å². The topological polar surface area (TPSA) is 27.7 Å². The molecular formula is C6H13Br3O3Si. The Kier molecular flexibility index (Phi) is 8.70. The second-order valence-electron chi connectivity index (χ2n) is 2.27. The Balaban J connectivity index is 4.04. The average Bonchev–Trinajstić information content (AvgIpc) is 2.12. The van der Waals surface area contributed by atoms with E-state index in [1.54, 1.807) is 14.2 Å². The first-order valence-electron chi connectivity index (χ1n) is 3.68. The number of halogens is 3. The summed E-state index contributed by atoms with van der Waals surface area (Å²) in [5, 5.41) is 0. The Morgan fingerprint density at radius 1 is 1.23 bits per heavy atom. The summed E-state index contributed by atoms with van der Waals surface area (Å²) in [6, 6.07) is 0.784. The summed E-state index contributed by atoms with van der Waals surface area (Å²) >= 11 is 10.00. The molecule has 0 atom stereocenters. The zero-order chi connectivity index (χ0) is 10.3. The van der Waals surface area contributed by atoms with Gasteiger partial charge in [-0.2, -0.15) is 0 Å². The molecule has 0 saturated carbocycles. The van der Waals surface area contributed by atoms with Gasteiger partial charge < -0.3 is 13.3 Å². The maximum absolute atomic E-state index is 5.45. The summed E-state index contributed by atoms with van der Waals surface area (Å²) in [5.41, 5.74) is 0.441. The van der Waals surface area contributed by atoms with Gasteiger partial charge in [-0.25, -0.2) is 0 Å². The zero-order valence-electron chi connectivity index (χ0n) is 7.56. The van der Waals surface area contributed by atoms with Crippen molar-refractivity contribution in [1.29, 1.82) is 0 Å². The molecule has 0 aromatic carbocycles. The van der Waals surface area contributed by atoms with Crippen LogP contribution in [-0.2, 0) is 13.3 Å². The van der Waals surface area contributed by atoms with Gasteiger partial charge in [0.15, 0.2) is 0 Å². The average molecular weight is 401 g/mol. The Labute approximate surface area is 105 Å². The van der Waals surface area contributed by atoms with Gasteiger partial charge in [0.1, 0.15) is 0 Å². The molecule has 0 aliphatic carbocycles. The molecule has 0 N–H and O–H groups in total. The van der Waals surface area contributed by atoms with Gasteiger partial charge in [0.2, 0.25) is 0 Å². The predicted molar refractivity (Wildman–Crippen MR) is 65.7 cm³/mol. The van der Waals surface area contributed by atoms with Crippen molar-refractivity contribution >= 4 is 56.6 Å². The fraction of sp³-hybridized carbons (Fsp3) is 1.00. The predicted octanol–water partition coefficient (Wildman–Crippen LogP) is 3.09. The minimum absolute atomic E-state index is 0.274. The molecule has 0 unspecified atom stereocenters. The molecule has 0 bridgehead atoms. The van der Waals surface area contributed by atoms with Crippen LogP contribution < -0.4 is 0 Å². The van der Waals surface area contributed by atoms with Gasteiger partial charge in [0, 0.05) is 20.3 Å². The van der Waals surface area contributed by atoms with Gasteiger partial charge in [0.25, 0.3) is 0 Å². The van der Waals surface area contributed by atoms with E-state index in [0.29, 0.717) is 5.52 Å². The lowest BCUT2D eigenvalue weighted by atomic mass is 10.6. The summed E-state index contributed by atoms with van der Waals surface area (Å²) in [6.07, 6.45) is 0.904. The van der Waals surface area contributed by atoms with E-state index >= 15 is 0 Å². The monoisotopic (exact) mass is 398 g/mol. The lowest BCUT2D eigenvalue weighted by molar-refractivity contribution is 0.119. The zero-order valence-corrected chi connectivity index (χ0v) is 13.3. The normalized spacial score (nSPS) is 12.5.